The Morgan fingerprint density at radius 2 is 1.88 bits per heavy atom. The molecule has 0 spiro atoms. The van der Waals surface area contributed by atoms with Crippen LogP contribution < -0.4 is 5.32 Å². The SMILES string of the molecule is C=CCC(Nc1ccccc1)C1CCCCC1. The fourth-order valence-corrected chi connectivity index (χ4v) is 2.83. The van der Waals surface area contributed by atoms with E-state index in [0.29, 0.717) is 6.04 Å². The van der Waals surface area contributed by atoms with Crippen LogP contribution >= 0.6 is 0 Å². The predicted molar refractivity (Wildman–Crippen MR) is 75.2 cm³/mol. The van der Waals surface area contributed by atoms with Crippen molar-refractivity contribution in [1.82, 2.24) is 0 Å². The lowest BCUT2D eigenvalue weighted by atomic mass is 9.82. The largest absolute Gasteiger partial charge is 0.382 e. The van der Waals surface area contributed by atoms with Gasteiger partial charge in [-0.15, -0.1) is 6.58 Å². The third-order valence-electron chi connectivity index (χ3n) is 3.77. The van der Waals surface area contributed by atoms with Gasteiger partial charge in [-0.3, -0.25) is 0 Å². The van der Waals surface area contributed by atoms with Crippen LogP contribution in [-0.4, -0.2) is 6.04 Å². The van der Waals surface area contributed by atoms with E-state index in [2.05, 4.69) is 48.3 Å². The Hall–Kier alpha value is -1.24. The van der Waals surface area contributed by atoms with Crippen molar-refractivity contribution in [3.8, 4) is 0 Å². The van der Waals surface area contributed by atoms with E-state index in [1.54, 1.807) is 0 Å². The maximum absolute atomic E-state index is 3.90. The first-order valence-corrected chi connectivity index (χ1v) is 6.82. The summed E-state index contributed by atoms with van der Waals surface area (Å²) in [5, 5.41) is 3.68. The summed E-state index contributed by atoms with van der Waals surface area (Å²) < 4.78 is 0. The minimum absolute atomic E-state index is 0.565. The minimum atomic E-state index is 0.565. The van der Waals surface area contributed by atoms with Crippen molar-refractivity contribution in [3.05, 3.63) is 43.0 Å². The molecule has 0 bridgehead atoms. The van der Waals surface area contributed by atoms with Crippen LogP contribution in [0.3, 0.4) is 0 Å². The Morgan fingerprint density at radius 3 is 2.53 bits per heavy atom. The van der Waals surface area contributed by atoms with Gasteiger partial charge in [0, 0.05) is 11.7 Å². The van der Waals surface area contributed by atoms with Crippen molar-refractivity contribution < 1.29 is 0 Å². The van der Waals surface area contributed by atoms with Gasteiger partial charge in [-0.1, -0.05) is 43.5 Å². The molecule has 1 heteroatoms. The zero-order valence-electron chi connectivity index (χ0n) is 10.6. The molecule has 1 aromatic carbocycles. The van der Waals surface area contributed by atoms with Crippen LogP contribution in [0.2, 0.25) is 0 Å². The van der Waals surface area contributed by atoms with Crippen molar-refractivity contribution in [1.29, 1.82) is 0 Å². The summed E-state index contributed by atoms with van der Waals surface area (Å²) >= 11 is 0. The Labute approximate surface area is 105 Å². The van der Waals surface area contributed by atoms with E-state index < -0.39 is 0 Å². The molecule has 1 aromatic rings. The lowest BCUT2D eigenvalue weighted by Gasteiger charge is -2.31. The van der Waals surface area contributed by atoms with Crippen LogP contribution in [0.5, 0.6) is 0 Å². The number of hydrogen-bond acceptors (Lipinski definition) is 1. The molecule has 0 radical (unpaired) electrons. The molecule has 0 aromatic heterocycles. The van der Waals surface area contributed by atoms with Gasteiger partial charge in [-0.2, -0.15) is 0 Å². The monoisotopic (exact) mass is 229 g/mol. The first-order valence-electron chi connectivity index (χ1n) is 6.82. The van der Waals surface area contributed by atoms with Gasteiger partial charge < -0.3 is 5.32 Å². The number of benzene rings is 1. The molecule has 1 fully saturated rings. The smallest absolute Gasteiger partial charge is 0.0342 e. The maximum atomic E-state index is 3.90. The lowest BCUT2D eigenvalue weighted by Crippen LogP contribution is -2.30. The zero-order chi connectivity index (χ0) is 11.9. The first-order chi connectivity index (χ1) is 8.40. The highest BCUT2D eigenvalue weighted by atomic mass is 14.9. The first kappa shape index (κ1) is 12.2. The number of hydrogen-bond donors (Lipinski definition) is 1. The molecule has 0 amide bonds. The molecule has 1 aliphatic rings. The highest BCUT2D eigenvalue weighted by molar-refractivity contribution is 5.43. The van der Waals surface area contributed by atoms with Crippen LogP contribution in [0.1, 0.15) is 38.5 Å². The Kier molecular flexibility index (Phi) is 4.66. The van der Waals surface area contributed by atoms with Crippen LogP contribution in [-0.2, 0) is 0 Å². The van der Waals surface area contributed by atoms with Gasteiger partial charge in [0.1, 0.15) is 0 Å². The molecule has 1 unspecified atom stereocenters. The fourth-order valence-electron chi connectivity index (χ4n) is 2.83. The second-order valence-electron chi connectivity index (χ2n) is 5.04. The van der Waals surface area contributed by atoms with E-state index in [-0.39, 0.29) is 0 Å². The standard InChI is InChI=1S/C16H23N/c1-2-9-16(14-10-5-3-6-11-14)17-15-12-7-4-8-13-15/h2,4,7-8,12-14,16-17H,1,3,5-6,9-11H2. The van der Waals surface area contributed by atoms with Crippen molar-refractivity contribution >= 4 is 5.69 Å². The topological polar surface area (TPSA) is 12.0 Å². The van der Waals surface area contributed by atoms with Crippen molar-refractivity contribution in [2.24, 2.45) is 5.92 Å². The third kappa shape index (κ3) is 3.62. The Balaban J connectivity index is 1.98. The Bertz CT molecular complexity index is 325. The van der Waals surface area contributed by atoms with Crippen LogP contribution in [0.25, 0.3) is 0 Å². The summed E-state index contributed by atoms with van der Waals surface area (Å²) in [6, 6.07) is 11.1. The number of nitrogens with one attached hydrogen (secondary N) is 1. The van der Waals surface area contributed by atoms with Crippen LogP contribution in [0, 0.1) is 5.92 Å². The number of para-hydroxylation sites is 1. The molecule has 1 atom stereocenters. The third-order valence-corrected chi connectivity index (χ3v) is 3.77. The average Bonchev–Trinajstić information content (AvgIpc) is 2.40. The zero-order valence-corrected chi connectivity index (χ0v) is 10.6. The van der Waals surface area contributed by atoms with Gasteiger partial charge in [0.25, 0.3) is 0 Å². The molecule has 17 heavy (non-hydrogen) atoms. The normalized spacial score (nSPS) is 18.6. The lowest BCUT2D eigenvalue weighted by molar-refractivity contribution is 0.318. The molecule has 92 valence electrons. The number of anilines is 1. The molecule has 1 N–H and O–H groups in total. The second kappa shape index (κ2) is 6.48. The molecular weight excluding hydrogens is 206 g/mol. The highest BCUT2D eigenvalue weighted by Gasteiger charge is 2.22. The van der Waals surface area contributed by atoms with Gasteiger partial charge in [-0.05, 0) is 37.3 Å². The highest BCUT2D eigenvalue weighted by Crippen LogP contribution is 2.29. The molecule has 0 heterocycles. The predicted octanol–water partition coefficient (Wildman–Crippen LogP) is 4.62. The van der Waals surface area contributed by atoms with E-state index in [0.717, 1.165) is 12.3 Å². The summed E-state index contributed by atoms with van der Waals surface area (Å²) in [6.07, 6.45) is 10.1. The van der Waals surface area contributed by atoms with E-state index in [1.807, 2.05) is 0 Å². The van der Waals surface area contributed by atoms with E-state index in [9.17, 15) is 0 Å². The fraction of sp³-hybridized carbons (Fsp3) is 0.500. The quantitative estimate of drug-likeness (QED) is 0.726. The molecule has 1 saturated carbocycles. The molecule has 2 rings (SSSR count). The molecule has 0 aliphatic heterocycles. The van der Waals surface area contributed by atoms with Crippen molar-refractivity contribution in [3.63, 3.8) is 0 Å². The van der Waals surface area contributed by atoms with Gasteiger partial charge >= 0.3 is 0 Å². The maximum Gasteiger partial charge on any atom is 0.0342 e. The van der Waals surface area contributed by atoms with Crippen LogP contribution in [0.4, 0.5) is 5.69 Å². The number of rotatable bonds is 5. The van der Waals surface area contributed by atoms with E-state index in [4.69, 9.17) is 0 Å². The van der Waals surface area contributed by atoms with Gasteiger partial charge in [0.05, 0.1) is 0 Å². The molecular formula is C16H23N. The van der Waals surface area contributed by atoms with Gasteiger partial charge in [0.2, 0.25) is 0 Å². The van der Waals surface area contributed by atoms with E-state index >= 15 is 0 Å². The summed E-state index contributed by atoms with van der Waals surface area (Å²) in [7, 11) is 0. The Morgan fingerprint density at radius 1 is 1.18 bits per heavy atom. The summed E-state index contributed by atoms with van der Waals surface area (Å²) in [6.45, 7) is 3.90. The van der Waals surface area contributed by atoms with E-state index in [1.165, 1.54) is 37.8 Å². The minimum Gasteiger partial charge on any atom is -0.382 e. The molecule has 0 saturated heterocycles. The average molecular weight is 229 g/mol. The van der Waals surface area contributed by atoms with Crippen LogP contribution in [0.15, 0.2) is 43.0 Å². The summed E-state index contributed by atoms with van der Waals surface area (Å²) in [4.78, 5) is 0. The summed E-state index contributed by atoms with van der Waals surface area (Å²) in [5.74, 6) is 0.821. The molecule has 1 aliphatic carbocycles. The second-order valence-corrected chi connectivity index (χ2v) is 5.04. The van der Waals surface area contributed by atoms with Crippen molar-refractivity contribution in [2.75, 3.05) is 5.32 Å². The summed E-state index contributed by atoms with van der Waals surface area (Å²) in [5.41, 5.74) is 1.24. The van der Waals surface area contributed by atoms with Gasteiger partial charge in [-0.25, -0.2) is 0 Å². The molecule has 1 nitrogen and oxygen atoms in total. The van der Waals surface area contributed by atoms with Crippen molar-refractivity contribution in [2.45, 2.75) is 44.6 Å². The van der Waals surface area contributed by atoms with Gasteiger partial charge in [0.15, 0.2) is 0 Å².